The van der Waals surface area contributed by atoms with Crippen molar-refractivity contribution >= 4 is 9.84 Å². The molecule has 0 aromatic rings. The summed E-state index contributed by atoms with van der Waals surface area (Å²) in [6.45, 7) is 0. The highest BCUT2D eigenvalue weighted by Gasteiger charge is 2.34. The molecule has 0 radical (unpaired) electrons. The van der Waals surface area contributed by atoms with E-state index in [1.807, 2.05) is 0 Å². The lowest BCUT2D eigenvalue weighted by Crippen LogP contribution is -2.38. The molecule has 0 aromatic heterocycles. The lowest BCUT2D eigenvalue weighted by atomic mass is 9.82. The van der Waals surface area contributed by atoms with E-state index in [9.17, 15) is 21.6 Å². The van der Waals surface area contributed by atoms with Crippen LogP contribution in [0.2, 0.25) is 0 Å². The smallest absolute Gasteiger partial charge is 0.327 e. The van der Waals surface area contributed by atoms with Gasteiger partial charge in [0.2, 0.25) is 0 Å². The normalized spacial score (nSPS) is 28.1. The molecule has 1 fully saturated rings. The average molecular weight is 287 g/mol. The Balaban J connectivity index is 2.51. The largest absolute Gasteiger partial charge is 0.389 e. The molecule has 0 amide bonds. The SMILES string of the molecule is CS(=O)(=O)C1CCCC(C(N)CCC(F)(F)F)C1. The zero-order valence-electron chi connectivity index (χ0n) is 10.4. The van der Waals surface area contributed by atoms with E-state index in [2.05, 4.69) is 0 Å². The summed E-state index contributed by atoms with van der Waals surface area (Å²) >= 11 is 0. The zero-order valence-corrected chi connectivity index (χ0v) is 11.2. The Hall–Kier alpha value is -0.300. The second-order valence-electron chi connectivity index (χ2n) is 5.20. The van der Waals surface area contributed by atoms with E-state index in [-0.39, 0.29) is 12.3 Å². The predicted molar refractivity (Wildman–Crippen MR) is 63.9 cm³/mol. The third-order valence-electron chi connectivity index (χ3n) is 3.64. The summed E-state index contributed by atoms with van der Waals surface area (Å²) in [5, 5.41) is -0.437. The van der Waals surface area contributed by atoms with Crippen LogP contribution >= 0.6 is 0 Å². The fourth-order valence-electron chi connectivity index (χ4n) is 2.52. The highest BCUT2D eigenvalue weighted by molar-refractivity contribution is 7.91. The van der Waals surface area contributed by atoms with Crippen LogP contribution in [0.15, 0.2) is 0 Å². The molecule has 0 heterocycles. The maximum Gasteiger partial charge on any atom is 0.389 e. The summed E-state index contributed by atoms with van der Waals surface area (Å²) in [7, 11) is -3.11. The van der Waals surface area contributed by atoms with Crippen molar-refractivity contribution < 1.29 is 21.6 Å². The van der Waals surface area contributed by atoms with E-state index < -0.39 is 33.7 Å². The summed E-state index contributed by atoms with van der Waals surface area (Å²) in [4.78, 5) is 0. The van der Waals surface area contributed by atoms with Crippen molar-refractivity contribution in [3.8, 4) is 0 Å². The van der Waals surface area contributed by atoms with E-state index in [0.29, 0.717) is 12.8 Å². The first-order chi connectivity index (χ1) is 8.09. The minimum absolute atomic E-state index is 0.110. The van der Waals surface area contributed by atoms with Crippen molar-refractivity contribution in [1.82, 2.24) is 0 Å². The zero-order chi connectivity index (χ0) is 14.0. The van der Waals surface area contributed by atoms with Gasteiger partial charge in [0.1, 0.15) is 9.84 Å². The van der Waals surface area contributed by atoms with E-state index in [1.165, 1.54) is 6.26 Å². The number of nitrogens with two attached hydrogens (primary N) is 1. The average Bonchev–Trinajstić information content (AvgIpc) is 2.24. The fourth-order valence-corrected chi connectivity index (χ4v) is 3.72. The number of sulfone groups is 1. The van der Waals surface area contributed by atoms with Crippen molar-refractivity contribution in [2.24, 2.45) is 11.7 Å². The van der Waals surface area contributed by atoms with Crippen molar-refractivity contribution in [2.45, 2.75) is 56.0 Å². The highest BCUT2D eigenvalue weighted by Crippen LogP contribution is 2.32. The first-order valence-electron chi connectivity index (χ1n) is 6.11. The van der Waals surface area contributed by atoms with Gasteiger partial charge in [-0.25, -0.2) is 8.42 Å². The van der Waals surface area contributed by atoms with Gasteiger partial charge in [-0.2, -0.15) is 13.2 Å². The van der Waals surface area contributed by atoms with Crippen LogP contribution in [0, 0.1) is 5.92 Å². The molecule has 108 valence electrons. The molecule has 1 rings (SSSR count). The maximum absolute atomic E-state index is 12.1. The van der Waals surface area contributed by atoms with Gasteiger partial charge < -0.3 is 5.73 Å². The Labute approximate surface area is 106 Å². The van der Waals surface area contributed by atoms with Crippen molar-refractivity contribution in [3.63, 3.8) is 0 Å². The molecule has 1 saturated carbocycles. The third-order valence-corrected chi connectivity index (χ3v) is 5.28. The Bertz CT molecular complexity index is 367. The summed E-state index contributed by atoms with van der Waals surface area (Å²) in [6, 6.07) is -0.559. The van der Waals surface area contributed by atoms with Crippen molar-refractivity contribution in [3.05, 3.63) is 0 Å². The Kier molecular flexibility index (Phi) is 5.05. The van der Waals surface area contributed by atoms with Gasteiger partial charge in [0, 0.05) is 18.7 Å². The monoisotopic (exact) mass is 287 g/mol. The van der Waals surface area contributed by atoms with E-state index in [1.54, 1.807) is 0 Å². The molecule has 0 aliphatic heterocycles. The lowest BCUT2D eigenvalue weighted by molar-refractivity contribution is -0.136. The molecule has 0 aromatic carbocycles. The van der Waals surface area contributed by atoms with Crippen LogP contribution in [0.4, 0.5) is 13.2 Å². The van der Waals surface area contributed by atoms with E-state index in [0.717, 1.165) is 12.8 Å². The van der Waals surface area contributed by atoms with Crippen molar-refractivity contribution in [1.29, 1.82) is 0 Å². The standard InChI is InChI=1S/C11H20F3NO2S/c1-18(16,17)9-4-2-3-8(7-9)10(15)5-6-11(12,13)14/h8-10H,2-7,15H2,1H3. The van der Waals surface area contributed by atoms with Crippen LogP contribution in [0.1, 0.15) is 38.5 Å². The van der Waals surface area contributed by atoms with Crippen LogP contribution in [0.25, 0.3) is 0 Å². The molecule has 0 bridgehead atoms. The Morgan fingerprint density at radius 3 is 2.44 bits per heavy atom. The van der Waals surface area contributed by atoms with Gasteiger partial charge in [-0.05, 0) is 31.6 Å². The maximum atomic E-state index is 12.1. The second-order valence-corrected chi connectivity index (χ2v) is 7.52. The number of alkyl halides is 3. The molecule has 1 aliphatic carbocycles. The lowest BCUT2D eigenvalue weighted by Gasteiger charge is -2.32. The van der Waals surface area contributed by atoms with E-state index >= 15 is 0 Å². The topological polar surface area (TPSA) is 60.2 Å². The minimum atomic E-state index is -4.19. The van der Waals surface area contributed by atoms with Crippen LogP contribution in [0.5, 0.6) is 0 Å². The van der Waals surface area contributed by atoms with Crippen LogP contribution in [-0.2, 0) is 9.84 Å². The molecule has 18 heavy (non-hydrogen) atoms. The van der Waals surface area contributed by atoms with Crippen LogP contribution in [0.3, 0.4) is 0 Å². The molecule has 0 spiro atoms. The molecule has 3 nitrogen and oxygen atoms in total. The van der Waals surface area contributed by atoms with Gasteiger partial charge in [-0.1, -0.05) is 6.42 Å². The molecular formula is C11H20F3NO2S. The number of rotatable bonds is 4. The fraction of sp³-hybridized carbons (Fsp3) is 1.00. The molecule has 3 atom stereocenters. The summed E-state index contributed by atoms with van der Waals surface area (Å²) in [6.07, 6.45) is -1.57. The van der Waals surface area contributed by atoms with Crippen LogP contribution in [-0.4, -0.2) is 32.1 Å². The molecule has 1 aliphatic rings. The molecule has 7 heteroatoms. The van der Waals surface area contributed by atoms with Crippen molar-refractivity contribution in [2.75, 3.05) is 6.26 Å². The molecule has 2 N–H and O–H groups in total. The quantitative estimate of drug-likeness (QED) is 0.862. The number of halogens is 3. The predicted octanol–water partition coefficient (Wildman–Crippen LogP) is 2.26. The molecule has 3 unspecified atom stereocenters. The second kappa shape index (κ2) is 5.77. The first-order valence-corrected chi connectivity index (χ1v) is 8.06. The van der Waals surface area contributed by atoms with Gasteiger partial charge in [0.15, 0.2) is 0 Å². The van der Waals surface area contributed by atoms with Gasteiger partial charge >= 0.3 is 6.18 Å². The molecular weight excluding hydrogens is 267 g/mol. The highest BCUT2D eigenvalue weighted by atomic mass is 32.2. The van der Waals surface area contributed by atoms with Gasteiger partial charge in [0.05, 0.1) is 5.25 Å². The summed E-state index contributed by atoms with van der Waals surface area (Å²) in [5.41, 5.74) is 5.77. The van der Waals surface area contributed by atoms with Gasteiger partial charge in [-0.15, -0.1) is 0 Å². The summed E-state index contributed by atoms with van der Waals surface area (Å²) in [5.74, 6) is -0.110. The summed E-state index contributed by atoms with van der Waals surface area (Å²) < 4.78 is 59.2. The third kappa shape index (κ3) is 5.14. The molecule has 0 saturated heterocycles. The van der Waals surface area contributed by atoms with E-state index in [4.69, 9.17) is 5.73 Å². The van der Waals surface area contributed by atoms with Crippen LogP contribution < -0.4 is 5.73 Å². The Morgan fingerprint density at radius 2 is 1.94 bits per heavy atom. The first kappa shape index (κ1) is 15.8. The Morgan fingerprint density at radius 1 is 1.33 bits per heavy atom. The minimum Gasteiger partial charge on any atom is -0.327 e. The van der Waals surface area contributed by atoms with Gasteiger partial charge in [-0.3, -0.25) is 0 Å². The number of hydrogen-bond donors (Lipinski definition) is 1. The van der Waals surface area contributed by atoms with Gasteiger partial charge in [0.25, 0.3) is 0 Å². The number of hydrogen-bond acceptors (Lipinski definition) is 3.